The zero-order chi connectivity index (χ0) is 19.9. The van der Waals surface area contributed by atoms with Gasteiger partial charge >= 0.3 is 0 Å². The average Bonchev–Trinajstić information content (AvgIpc) is 3.14. The van der Waals surface area contributed by atoms with E-state index < -0.39 is 0 Å². The summed E-state index contributed by atoms with van der Waals surface area (Å²) >= 11 is 0. The van der Waals surface area contributed by atoms with Crippen molar-refractivity contribution < 1.29 is 14.3 Å². The first kappa shape index (κ1) is 19.4. The summed E-state index contributed by atoms with van der Waals surface area (Å²) in [6, 6.07) is 13.6. The van der Waals surface area contributed by atoms with Crippen LogP contribution in [0.5, 0.6) is 11.5 Å². The van der Waals surface area contributed by atoms with Gasteiger partial charge in [-0.2, -0.15) is 5.10 Å². The molecule has 3 rings (SSSR count). The van der Waals surface area contributed by atoms with Crippen LogP contribution in [0.15, 0.2) is 42.5 Å². The largest absolute Gasteiger partial charge is 0.497 e. The molecule has 0 saturated heterocycles. The minimum Gasteiger partial charge on any atom is -0.497 e. The molecule has 0 atom stereocenters. The highest BCUT2D eigenvalue weighted by Crippen LogP contribution is 2.19. The SMILES string of the molecule is COc1ccc(CNC(=O)Cc2n[nH]c(COc3cc(C)ccc3C)n2)cc1. The van der Waals surface area contributed by atoms with Gasteiger partial charge in [0.25, 0.3) is 0 Å². The molecule has 0 bridgehead atoms. The van der Waals surface area contributed by atoms with E-state index in [1.54, 1.807) is 7.11 Å². The van der Waals surface area contributed by atoms with E-state index in [9.17, 15) is 4.79 Å². The van der Waals surface area contributed by atoms with Crippen LogP contribution in [0.4, 0.5) is 0 Å². The highest BCUT2D eigenvalue weighted by molar-refractivity contribution is 5.77. The lowest BCUT2D eigenvalue weighted by molar-refractivity contribution is -0.120. The molecule has 0 aliphatic heterocycles. The number of benzene rings is 2. The van der Waals surface area contributed by atoms with Crippen molar-refractivity contribution in [3.05, 3.63) is 70.8 Å². The molecule has 146 valence electrons. The number of carbonyl (C=O) groups is 1. The molecule has 1 amide bonds. The summed E-state index contributed by atoms with van der Waals surface area (Å²) in [6.07, 6.45) is 0.107. The van der Waals surface area contributed by atoms with Gasteiger partial charge < -0.3 is 14.8 Å². The molecule has 0 aliphatic rings. The summed E-state index contributed by atoms with van der Waals surface area (Å²) in [5.74, 6) is 2.48. The summed E-state index contributed by atoms with van der Waals surface area (Å²) in [7, 11) is 1.62. The Hall–Kier alpha value is -3.35. The molecule has 0 radical (unpaired) electrons. The summed E-state index contributed by atoms with van der Waals surface area (Å²) in [6.45, 7) is 4.72. The van der Waals surface area contributed by atoms with E-state index in [0.29, 0.717) is 18.2 Å². The van der Waals surface area contributed by atoms with Crippen molar-refractivity contribution in [1.82, 2.24) is 20.5 Å². The molecule has 0 spiro atoms. The molecule has 28 heavy (non-hydrogen) atoms. The van der Waals surface area contributed by atoms with Crippen LogP contribution in [0.3, 0.4) is 0 Å². The molecule has 2 N–H and O–H groups in total. The minimum absolute atomic E-state index is 0.107. The molecule has 3 aromatic rings. The number of hydrogen-bond donors (Lipinski definition) is 2. The molecule has 1 aromatic heterocycles. The van der Waals surface area contributed by atoms with E-state index in [2.05, 4.69) is 20.5 Å². The molecular weight excluding hydrogens is 356 g/mol. The smallest absolute Gasteiger partial charge is 0.228 e. The predicted molar refractivity (Wildman–Crippen MR) is 105 cm³/mol. The third-order valence-electron chi connectivity index (χ3n) is 4.25. The number of aromatic nitrogens is 3. The van der Waals surface area contributed by atoms with Crippen molar-refractivity contribution in [1.29, 1.82) is 0 Å². The van der Waals surface area contributed by atoms with Gasteiger partial charge in [-0.05, 0) is 48.7 Å². The topological polar surface area (TPSA) is 89.1 Å². The Kier molecular flexibility index (Phi) is 6.26. The minimum atomic E-state index is -0.142. The second-order valence-corrected chi connectivity index (χ2v) is 6.56. The Morgan fingerprint density at radius 2 is 1.93 bits per heavy atom. The van der Waals surface area contributed by atoms with Gasteiger partial charge in [0.15, 0.2) is 11.6 Å². The number of methoxy groups -OCH3 is 1. The fourth-order valence-electron chi connectivity index (χ4n) is 2.64. The van der Waals surface area contributed by atoms with Gasteiger partial charge in [0.1, 0.15) is 18.1 Å². The van der Waals surface area contributed by atoms with Crippen LogP contribution < -0.4 is 14.8 Å². The van der Waals surface area contributed by atoms with E-state index >= 15 is 0 Å². The summed E-state index contributed by atoms with van der Waals surface area (Å²) in [4.78, 5) is 16.4. The van der Waals surface area contributed by atoms with Crippen molar-refractivity contribution in [3.63, 3.8) is 0 Å². The van der Waals surface area contributed by atoms with Crippen LogP contribution in [0, 0.1) is 13.8 Å². The van der Waals surface area contributed by atoms with Gasteiger partial charge in [0, 0.05) is 6.54 Å². The summed E-state index contributed by atoms with van der Waals surface area (Å²) in [5.41, 5.74) is 3.18. The van der Waals surface area contributed by atoms with Crippen molar-refractivity contribution >= 4 is 5.91 Å². The van der Waals surface area contributed by atoms with Gasteiger partial charge in [-0.15, -0.1) is 0 Å². The van der Waals surface area contributed by atoms with Gasteiger partial charge in [-0.1, -0.05) is 24.3 Å². The van der Waals surface area contributed by atoms with Crippen LogP contribution in [-0.2, 0) is 24.4 Å². The quantitative estimate of drug-likeness (QED) is 0.627. The number of nitrogens with zero attached hydrogens (tertiary/aromatic N) is 2. The van der Waals surface area contributed by atoms with Crippen LogP contribution in [0.1, 0.15) is 28.3 Å². The standard InChI is InChI=1S/C21H24N4O3/c1-14-4-5-15(2)18(10-14)28-13-20-23-19(24-25-20)11-21(26)22-12-16-6-8-17(27-3)9-7-16/h4-10H,11-13H2,1-3H3,(H,22,26)(H,23,24,25). The predicted octanol–water partition coefficient (Wildman–Crippen LogP) is 2.87. The number of H-pyrrole nitrogens is 1. The monoisotopic (exact) mass is 380 g/mol. The molecule has 0 fully saturated rings. The van der Waals surface area contributed by atoms with Crippen LogP contribution in [0.2, 0.25) is 0 Å². The first-order valence-corrected chi connectivity index (χ1v) is 9.03. The number of hydrogen-bond acceptors (Lipinski definition) is 5. The Morgan fingerprint density at radius 1 is 1.14 bits per heavy atom. The number of carbonyl (C=O) groups excluding carboxylic acids is 1. The molecular formula is C21H24N4O3. The van der Waals surface area contributed by atoms with Crippen molar-refractivity contribution in [3.8, 4) is 11.5 Å². The molecule has 0 unspecified atom stereocenters. The highest BCUT2D eigenvalue weighted by Gasteiger charge is 2.10. The lowest BCUT2D eigenvalue weighted by atomic mass is 10.1. The highest BCUT2D eigenvalue weighted by atomic mass is 16.5. The van der Waals surface area contributed by atoms with E-state index in [0.717, 1.165) is 28.2 Å². The molecule has 7 nitrogen and oxygen atoms in total. The third-order valence-corrected chi connectivity index (χ3v) is 4.25. The molecule has 1 heterocycles. The lowest BCUT2D eigenvalue weighted by Gasteiger charge is -2.08. The van der Waals surface area contributed by atoms with Crippen LogP contribution in [-0.4, -0.2) is 28.2 Å². The number of ether oxygens (including phenoxy) is 2. The second-order valence-electron chi connectivity index (χ2n) is 6.56. The summed E-state index contributed by atoms with van der Waals surface area (Å²) < 4.78 is 10.9. The fourth-order valence-corrected chi connectivity index (χ4v) is 2.64. The molecule has 0 aliphatic carbocycles. The Morgan fingerprint density at radius 3 is 2.68 bits per heavy atom. The number of nitrogens with one attached hydrogen (secondary N) is 2. The van der Waals surface area contributed by atoms with Crippen molar-refractivity contribution in [2.45, 2.75) is 33.4 Å². The van der Waals surface area contributed by atoms with Gasteiger partial charge in [-0.3, -0.25) is 9.89 Å². The van der Waals surface area contributed by atoms with Crippen LogP contribution >= 0.6 is 0 Å². The zero-order valence-corrected chi connectivity index (χ0v) is 16.3. The maximum atomic E-state index is 12.1. The Balaban J connectivity index is 1.48. The van der Waals surface area contributed by atoms with E-state index in [1.165, 1.54) is 0 Å². The Labute approximate surface area is 164 Å². The summed E-state index contributed by atoms with van der Waals surface area (Å²) in [5, 5.41) is 9.78. The fraction of sp³-hybridized carbons (Fsp3) is 0.286. The van der Waals surface area contributed by atoms with Crippen molar-refractivity contribution in [2.75, 3.05) is 7.11 Å². The van der Waals surface area contributed by atoms with Gasteiger partial charge in [0.2, 0.25) is 5.91 Å². The first-order valence-electron chi connectivity index (χ1n) is 9.03. The van der Waals surface area contributed by atoms with Crippen LogP contribution in [0.25, 0.3) is 0 Å². The number of rotatable bonds is 8. The third kappa shape index (κ3) is 5.33. The zero-order valence-electron chi connectivity index (χ0n) is 16.3. The Bertz CT molecular complexity index is 935. The number of aromatic amines is 1. The van der Waals surface area contributed by atoms with Crippen molar-refractivity contribution in [2.24, 2.45) is 0 Å². The molecule has 0 saturated carbocycles. The first-order chi connectivity index (χ1) is 13.5. The number of amides is 1. The molecule has 7 heteroatoms. The second kappa shape index (κ2) is 9.03. The molecule has 2 aromatic carbocycles. The van der Waals surface area contributed by atoms with E-state index in [4.69, 9.17) is 9.47 Å². The van der Waals surface area contributed by atoms with E-state index in [1.807, 2.05) is 56.3 Å². The average molecular weight is 380 g/mol. The van der Waals surface area contributed by atoms with E-state index in [-0.39, 0.29) is 18.9 Å². The normalized spacial score (nSPS) is 10.5. The maximum Gasteiger partial charge on any atom is 0.228 e. The lowest BCUT2D eigenvalue weighted by Crippen LogP contribution is -2.25. The maximum absolute atomic E-state index is 12.1. The van der Waals surface area contributed by atoms with Gasteiger partial charge in [0.05, 0.1) is 13.5 Å². The number of aryl methyl sites for hydroxylation is 2. The van der Waals surface area contributed by atoms with Gasteiger partial charge in [-0.25, -0.2) is 4.98 Å².